The van der Waals surface area contributed by atoms with Gasteiger partial charge >= 0.3 is 6.03 Å². The third-order valence-electron chi connectivity index (χ3n) is 2.49. The molecule has 1 rings (SSSR count). The van der Waals surface area contributed by atoms with E-state index in [4.69, 9.17) is 0 Å². The Kier molecular flexibility index (Phi) is 5.85. The van der Waals surface area contributed by atoms with E-state index < -0.39 is 17.4 Å². The molecule has 0 aliphatic rings. The number of aliphatic hydroxyl groups excluding tert-OH is 1. The number of urea groups is 1. The van der Waals surface area contributed by atoms with Crippen molar-refractivity contribution in [1.82, 2.24) is 10.6 Å². The molecule has 0 radical (unpaired) electrons. The molecule has 0 bridgehead atoms. The first-order valence-corrected chi connectivity index (χ1v) is 6.79. The molecule has 19 heavy (non-hydrogen) atoms. The molecule has 0 aliphatic carbocycles. The molecule has 2 atom stereocenters. The Morgan fingerprint density at radius 1 is 1.32 bits per heavy atom. The van der Waals surface area contributed by atoms with E-state index in [9.17, 15) is 14.7 Å². The SMILES string of the molecule is CNC(=O)NC(=O)C(C)Sc1cccc(C(C)O)c1. The van der Waals surface area contributed by atoms with Crippen molar-refractivity contribution in [3.8, 4) is 0 Å². The van der Waals surface area contributed by atoms with Gasteiger partial charge in [0.15, 0.2) is 0 Å². The van der Waals surface area contributed by atoms with E-state index >= 15 is 0 Å². The molecule has 3 amide bonds. The molecule has 0 fully saturated rings. The first-order chi connectivity index (χ1) is 8.93. The lowest BCUT2D eigenvalue weighted by Gasteiger charge is -2.12. The van der Waals surface area contributed by atoms with Crippen molar-refractivity contribution in [2.24, 2.45) is 0 Å². The van der Waals surface area contributed by atoms with Gasteiger partial charge in [0.05, 0.1) is 11.4 Å². The lowest BCUT2D eigenvalue weighted by molar-refractivity contribution is -0.119. The van der Waals surface area contributed by atoms with Crippen LogP contribution in [-0.2, 0) is 4.79 Å². The summed E-state index contributed by atoms with van der Waals surface area (Å²) in [5.41, 5.74) is 0.795. The van der Waals surface area contributed by atoms with Gasteiger partial charge in [0.1, 0.15) is 0 Å². The Morgan fingerprint density at radius 2 is 2.00 bits per heavy atom. The maximum absolute atomic E-state index is 11.7. The van der Waals surface area contributed by atoms with Gasteiger partial charge < -0.3 is 10.4 Å². The Bertz CT molecular complexity index is 463. The average Bonchev–Trinajstić information content (AvgIpc) is 2.38. The van der Waals surface area contributed by atoms with Gasteiger partial charge in [0.25, 0.3) is 0 Å². The highest BCUT2D eigenvalue weighted by Gasteiger charge is 2.16. The van der Waals surface area contributed by atoms with E-state index in [1.54, 1.807) is 13.8 Å². The molecule has 3 N–H and O–H groups in total. The minimum absolute atomic E-state index is 0.355. The molecule has 0 saturated carbocycles. The Hall–Kier alpha value is -1.53. The molecule has 0 aliphatic heterocycles. The predicted octanol–water partition coefficient (Wildman–Crippen LogP) is 1.68. The molecule has 0 spiro atoms. The van der Waals surface area contributed by atoms with E-state index in [0.29, 0.717) is 0 Å². The number of carbonyl (C=O) groups excluding carboxylic acids is 2. The van der Waals surface area contributed by atoms with Crippen LogP contribution in [0.25, 0.3) is 0 Å². The highest BCUT2D eigenvalue weighted by molar-refractivity contribution is 8.00. The zero-order valence-electron chi connectivity index (χ0n) is 11.1. The Balaban J connectivity index is 2.66. The summed E-state index contributed by atoms with van der Waals surface area (Å²) in [5.74, 6) is -0.355. The number of thioether (sulfide) groups is 1. The molecule has 104 valence electrons. The van der Waals surface area contributed by atoms with Crippen molar-refractivity contribution in [3.63, 3.8) is 0 Å². The third kappa shape index (κ3) is 4.92. The van der Waals surface area contributed by atoms with Crippen LogP contribution in [0.3, 0.4) is 0 Å². The fourth-order valence-electron chi connectivity index (χ4n) is 1.38. The summed E-state index contributed by atoms with van der Waals surface area (Å²) < 4.78 is 0. The molecule has 1 aromatic carbocycles. The molecule has 1 aromatic rings. The second-order valence-electron chi connectivity index (χ2n) is 4.08. The minimum Gasteiger partial charge on any atom is -0.389 e. The zero-order valence-corrected chi connectivity index (χ0v) is 12.0. The van der Waals surface area contributed by atoms with Crippen molar-refractivity contribution in [2.75, 3.05) is 7.05 Å². The van der Waals surface area contributed by atoms with Gasteiger partial charge in [0.2, 0.25) is 5.91 Å². The van der Waals surface area contributed by atoms with Gasteiger partial charge in [-0.05, 0) is 31.5 Å². The maximum Gasteiger partial charge on any atom is 0.321 e. The van der Waals surface area contributed by atoms with E-state index in [-0.39, 0.29) is 5.91 Å². The lowest BCUT2D eigenvalue weighted by atomic mass is 10.1. The monoisotopic (exact) mass is 282 g/mol. The molecule has 0 saturated heterocycles. The summed E-state index contributed by atoms with van der Waals surface area (Å²) in [7, 11) is 1.45. The first-order valence-electron chi connectivity index (χ1n) is 5.91. The Labute approximate surface area is 116 Å². The second-order valence-corrected chi connectivity index (χ2v) is 5.49. The number of nitrogens with one attached hydrogen (secondary N) is 2. The number of rotatable bonds is 4. The fraction of sp³-hybridized carbons (Fsp3) is 0.385. The van der Waals surface area contributed by atoms with E-state index in [2.05, 4.69) is 10.6 Å². The number of hydrogen-bond donors (Lipinski definition) is 3. The van der Waals surface area contributed by atoms with Crippen molar-refractivity contribution in [1.29, 1.82) is 0 Å². The topological polar surface area (TPSA) is 78.4 Å². The summed E-state index contributed by atoms with van der Waals surface area (Å²) in [4.78, 5) is 23.6. The number of imide groups is 1. The number of benzene rings is 1. The van der Waals surface area contributed by atoms with Crippen LogP contribution in [-0.4, -0.2) is 29.3 Å². The molecule has 5 nitrogen and oxygen atoms in total. The fourth-order valence-corrected chi connectivity index (χ4v) is 2.32. The molecule has 0 aromatic heterocycles. The smallest absolute Gasteiger partial charge is 0.321 e. The van der Waals surface area contributed by atoms with Crippen LogP contribution in [0, 0.1) is 0 Å². The molecule has 0 heterocycles. The number of hydrogen-bond acceptors (Lipinski definition) is 4. The summed E-state index contributed by atoms with van der Waals surface area (Å²) >= 11 is 1.33. The van der Waals surface area contributed by atoms with E-state index in [1.165, 1.54) is 18.8 Å². The van der Waals surface area contributed by atoms with Crippen LogP contribution >= 0.6 is 11.8 Å². The Morgan fingerprint density at radius 3 is 2.58 bits per heavy atom. The van der Waals surface area contributed by atoms with Crippen molar-refractivity contribution < 1.29 is 14.7 Å². The lowest BCUT2D eigenvalue weighted by Crippen LogP contribution is -2.41. The minimum atomic E-state index is -0.546. The quantitative estimate of drug-likeness (QED) is 0.734. The zero-order chi connectivity index (χ0) is 14.4. The maximum atomic E-state index is 11.7. The van der Waals surface area contributed by atoms with Gasteiger partial charge in [-0.3, -0.25) is 10.1 Å². The average molecular weight is 282 g/mol. The van der Waals surface area contributed by atoms with Crippen molar-refractivity contribution in [3.05, 3.63) is 29.8 Å². The van der Waals surface area contributed by atoms with Crippen LogP contribution in [0.4, 0.5) is 4.79 Å². The van der Waals surface area contributed by atoms with Crippen molar-refractivity contribution >= 4 is 23.7 Å². The van der Waals surface area contributed by atoms with Crippen LogP contribution in [0.15, 0.2) is 29.2 Å². The van der Waals surface area contributed by atoms with E-state index in [1.807, 2.05) is 24.3 Å². The van der Waals surface area contributed by atoms with Gasteiger partial charge in [-0.1, -0.05) is 12.1 Å². The van der Waals surface area contributed by atoms with Gasteiger partial charge in [0, 0.05) is 11.9 Å². The summed E-state index contributed by atoms with van der Waals surface area (Å²) in [5, 5.41) is 13.7. The number of carbonyl (C=O) groups is 2. The van der Waals surface area contributed by atoms with Gasteiger partial charge in [-0.25, -0.2) is 4.79 Å². The van der Waals surface area contributed by atoms with Gasteiger partial charge in [-0.2, -0.15) is 0 Å². The van der Waals surface area contributed by atoms with Crippen LogP contribution in [0.1, 0.15) is 25.5 Å². The molecular formula is C13H18N2O3S. The number of amides is 3. The first kappa shape index (κ1) is 15.5. The van der Waals surface area contributed by atoms with Crippen molar-refractivity contribution in [2.45, 2.75) is 30.1 Å². The standard InChI is InChI=1S/C13H18N2O3S/c1-8(16)10-5-4-6-11(7-10)19-9(2)12(17)15-13(18)14-3/h4-9,16H,1-3H3,(H2,14,15,17,18). The molecule has 2 unspecified atom stereocenters. The largest absolute Gasteiger partial charge is 0.389 e. The normalized spacial score (nSPS) is 13.5. The third-order valence-corrected chi connectivity index (χ3v) is 3.58. The van der Waals surface area contributed by atoms with Crippen LogP contribution in [0.2, 0.25) is 0 Å². The van der Waals surface area contributed by atoms with Crippen LogP contribution < -0.4 is 10.6 Å². The number of aliphatic hydroxyl groups is 1. The highest BCUT2D eigenvalue weighted by Crippen LogP contribution is 2.26. The van der Waals surface area contributed by atoms with Gasteiger partial charge in [-0.15, -0.1) is 11.8 Å². The second kappa shape index (κ2) is 7.16. The summed E-state index contributed by atoms with van der Waals surface area (Å²) in [6.07, 6.45) is -0.546. The molecule has 6 heteroatoms. The molecular weight excluding hydrogens is 264 g/mol. The predicted molar refractivity (Wildman–Crippen MR) is 75.0 cm³/mol. The summed E-state index contributed by atoms with van der Waals surface area (Å²) in [6, 6.07) is 6.83. The van der Waals surface area contributed by atoms with E-state index in [0.717, 1.165) is 10.5 Å². The summed E-state index contributed by atoms with van der Waals surface area (Å²) in [6.45, 7) is 3.41. The highest BCUT2D eigenvalue weighted by atomic mass is 32.2. The van der Waals surface area contributed by atoms with Crippen LogP contribution in [0.5, 0.6) is 0 Å².